The van der Waals surface area contributed by atoms with Crippen LogP contribution in [0.1, 0.15) is 31.1 Å². The summed E-state index contributed by atoms with van der Waals surface area (Å²) >= 11 is 6.16. The molecule has 1 aliphatic rings. The zero-order chi connectivity index (χ0) is 17.0. The minimum atomic E-state index is -0.337. The Morgan fingerprint density at radius 1 is 1.22 bits per heavy atom. The Balaban J connectivity index is 2.12. The first kappa shape index (κ1) is 17.6. The molecule has 0 aliphatic carbocycles. The maximum Gasteiger partial charge on any atom is 0.319 e. The molecule has 1 aromatic rings. The lowest BCUT2D eigenvalue weighted by Crippen LogP contribution is -2.46. The molecule has 0 saturated carbocycles. The van der Waals surface area contributed by atoms with Crippen molar-refractivity contribution < 1.29 is 9.59 Å². The average Bonchev–Trinajstić information content (AvgIpc) is 2.47. The summed E-state index contributed by atoms with van der Waals surface area (Å²) in [6.07, 6.45) is 0. The van der Waals surface area contributed by atoms with Gasteiger partial charge in [-0.1, -0.05) is 11.6 Å². The molecule has 0 unspecified atom stereocenters. The Hall–Kier alpha value is -1.79. The molecule has 23 heavy (non-hydrogen) atoms. The van der Waals surface area contributed by atoms with Crippen LogP contribution in [0.4, 0.5) is 10.5 Å². The quantitative estimate of drug-likeness (QED) is 0.774. The molecule has 2 rings (SSSR count). The molecule has 3 N–H and O–H groups in total. The molecule has 3 amide bonds. The lowest BCUT2D eigenvalue weighted by molar-refractivity contribution is 0.0736. The van der Waals surface area contributed by atoms with E-state index in [0.29, 0.717) is 29.4 Å². The van der Waals surface area contributed by atoms with Gasteiger partial charge in [0.1, 0.15) is 0 Å². The van der Waals surface area contributed by atoms with Crippen molar-refractivity contribution in [1.29, 1.82) is 0 Å². The van der Waals surface area contributed by atoms with Crippen LogP contribution in [0.2, 0.25) is 5.02 Å². The number of nitrogens with one attached hydrogen (secondary N) is 3. The fraction of sp³-hybridized carbons (Fsp3) is 0.500. The molecule has 0 spiro atoms. The Bertz CT molecular complexity index is 592. The fourth-order valence-corrected chi connectivity index (χ4v) is 2.51. The summed E-state index contributed by atoms with van der Waals surface area (Å²) < 4.78 is 0. The summed E-state index contributed by atoms with van der Waals surface area (Å²) in [6.45, 7) is 8.54. The molecule has 7 heteroatoms. The van der Waals surface area contributed by atoms with Gasteiger partial charge in [-0.2, -0.15) is 0 Å². The Labute approximate surface area is 141 Å². The molecule has 6 nitrogen and oxygen atoms in total. The number of anilines is 1. The van der Waals surface area contributed by atoms with E-state index < -0.39 is 0 Å². The standard InChI is InChI=1S/C16H23ClN4O2/c1-16(2,3)20-15(23)19-11-4-5-13(17)12(10-11)14(22)21-8-6-18-7-9-21/h4-5,10,18H,6-9H2,1-3H3,(H2,19,20,23). The molecule has 0 aromatic heterocycles. The smallest absolute Gasteiger partial charge is 0.319 e. The fourth-order valence-electron chi connectivity index (χ4n) is 2.31. The molecule has 0 bridgehead atoms. The van der Waals surface area contributed by atoms with Crippen molar-refractivity contribution in [2.45, 2.75) is 26.3 Å². The average molecular weight is 339 g/mol. The van der Waals surface area contributed by atoms with Gasteiger partial charge in [-0.25, -0.2) is 4.79 Å². The third-order valence-corrected chi connectivity index (χ3v) is 3.68. The number of carbonyl (C=O) groups excluding carboxylic acids is 2. The molecule has 1 aromatic carbocycles. The number of benzene rings is 1. The largest absolute Gasteiger partial charge is 0.336 e. The van der Waals surface area contributed by atoms with E-state index in [9.17, 15) is 9.59 Å². The van der Waals surface area contributed by atoms with Gasteiger partial charge in [-0.05, 0) is 39.0 Å². The summed E-state index contributed by atoms with van der Waals surface area (Å²) in [5, 5.41) is 9.13. The van der Waals surface area contributed by atoms with E-state index in [0.717, 1.165) is 13.1 Å². The Morgan fingerprint density at radius 3 is 2.48 bits per heavy atom. The van der Waals surface area contributed by atoms with Gasteiger partial charge in [0.05, 0.1) is 10.6 Å². The monoisotopic (exact) mass is 338 g/mol. The van der Waals surface area contributed by atoms with Crippen LogP contribution in [-0.4, -0.2) is 48.6 Å². The number of piperazine rings is 1. The van der Waals surface area contributed by atoms with Gasteiger partial charge >= 0.3 is 6.03 Å². The Kier molecular flexibility index (Phi) is 5.49. The molecule has 0 radical (unpaired) electrons. The third kappa shape index (κ3) is 5.11. The number of nitrogens with zero attached hydrogens (tertiary/aromatic N) is 1. The minimum absolute atomic E-state index is 0.114. The van der Waals surface area contributed by atoms with E-state index in [1.54, 1.807) is 23.1 Å². The van der Waals surface area contributed by atoms with Gasteiger partial charge in [0.25, 0.3) is 5.91 Å². The van der Waals surface area contributed by atoms with Crippen LogP contribution >= 0.6 is 11.6 Å². The first-order valence-corrected chi connectivity index (χ1v) is 8.03. The molecular formula is C16H23ClN4O2. The number of halogens is 1. The van der Waals surface area contributed by atoms with Gasteiger partial charge in [-0.15, -0.1) is 0 Å². The van der Waals surface area contributed by atoms with Crippen molar-refractivity contribution in [1.82, 2.24) is 15.5 Å². The second-order valence-electron chi connectivity index (χ2n) is 6.57. The zero-order valence-corrected chi connectivity index (χ0v) is 14.5. The molecule has 1 fully saturated rings. The van der Waals surface area contributed by atoms with Gasteiger partial charge < -0.3 is 20.9 Å². The first-order chi connectivity index (χ1) is 10.8. The van der Waals surface area contributed by atoms with E-state index in [2.05, 4.69) is 16.0 Å². The number of hydrogen-bond donors (Lipinski definition) is 3. The van der Waals surface area contributed by atoms with Crippen molar-refractivity contribution in [3.63, 3.8) is 0 Å². The highest BCUT2D eigenvalue weighted by molar-refractivity contribution is 6.34. The number of urea groups is 1. The summed E-state index contributed by atoms with van der Waals surface area (Å²) in [5.41, 5.74) is 0.604. The van der Waals surface area contributed by atoms with Crippen molar-refractivity contribution in [2.75, 3.05) is 31.5 Å². The summed E-state index contributed by atoms with van der Waals surface area (Å²) in [6, 6.07) is 4.61. The van der Waals surface area contributed by atoms with Crippen molar-refractivity contribution in [2.24, 2.45) is 0 Å². The molecule has 1 saturated heterocycles. The highest BCUT2D eigenvalue weighted by Gasteiger charge is 2.21. The van der Waals surface area contributed by atoms with E-state index in [-0.39, 0.29) is 17.5 Å². The van der Waals surface area contributed by atoms with Gasteiger partial charge in [0.2, 0.25) is 0 Å². The summed E-state index contributed by atoms with van der Waals surface area (Å²) in [4.78, 5) is 26.3. The van der Waals surface area contributed by atoms with E-state index in [1.165, 1.54) is 0 Å². The molecule has 0 atom stereocenters. The van der Waals surface area contributed by atoms with Crippen LogP contribution < -0.4 is 16.0 Å². The lowest BCUT2D eigenvalue weighted by atomic mass is 10.1. The molecule has 1 heterocycles. The number of amides is 3. The van der Waals surface area contributed by atoms with Crippen LogP contribution in [0.3, 0.4) is 0 Å². The van der Waals surface area contributed by atoms with Crippen molar-refractivity contribution in [3.05, 3.63) is 28.8 Å². The number of carbonyl (C=O) groups is 2. The van der Waals surface area contributed by atoms with E-state index in [4.69, 9.17) is 11.6 Å². The van der Waals surface area contributed by atoms with Crippen LogP contribution in [0.5, 0.6) is 0 Å². The normalized spacial score (nSPS) is 15.2. The summed E-state index contributed by atoms with van der Waals surface area (Å²) in [7, 11) is 0. The summed E-state index contributed by atoms with van der Waals surface area (Å²) in [5.74, 6) is -0.114. The topological polar surface area (TPSA) is 73.5 Å². The molecule has 1 aliphatic heterocycles. The maximum absolute atomic E-state index is 12.6. The first-order valence-electron chi connectivity index (χ1n) is 7.65. The molecular weight excluding hydrogens is 316 g/mol. The van der Waals surface area contributed by atoms with Crippen molar-refractivity contribution in [3.8, 4) is 0 Å². The predicted octanol–water partition coefficient (Wildman–Crippen LogP) is 2.31. The second-order valence-corrected chi connectivity index (χ2v) is 6.97. The Morgan fingerprint density at radius 2 is 1.87 bits per heavy atom. The second kappa shape index (κ2) is 7.19. The number of hydrogen-bond acceptors (Lipinski definition) is 3. The highest BCUT2D eigenvalue weighted by atomic mass is 35.5. The lowest BCUT2D eigenvalue weighted by Gasteiger charge is -2.28. The van der Waals surface area contributed by atoms with E-state index >= 15 is 0 Å². The SMILES string of the molecule is CC(C)(C)NC(=O)Nc1ccc(Cl)c(C(=O)N2CCNCC2)c1. The molecule has 126 valence electrons. The van der Waals surface area contributed by atoms with E-state index in [1.807, 2.05) is 20.8 Å². The van der Waals surface area contributed by atoms with Crippen LogP contribution in [0, 0.1) is 0 Å². The number of rotatable bonds is 2. The van der Waals surface area contributed by atoms with Crippen molar-refractivity contribution >= 4 is 29.2 Å². The maximum atomic E-state index is 12.6. The predicted molar refractivity (Wildman–Crippen MR) is 92.1 cm³/mol. The van der Waals surface area contributed by atoms with Gasteiger partial charge in [-0.3, -0.25) is 4.79 Å². The van der Waals surface area contributed by atoms with Crippen LogP contribution in [-0.2, 0) is 0 Å². The zero-order valence-electron chi connectivity index (χ0n) is 13.7. The minimum Gasteiger partial charge on any atom is -0.336 e. The third-order valence-electron chi connectivity index (χ3n) is 3.35. The van der Waals surface area contributed by atoms with Crippen LogP contribution in [0.25, 0.3) is 0 Å². The van der Waals surface area contributed by atoms with Gasteiger partial charge in [0.15, 0.2) is 0 Å². The highest BCUT2D eigenvalue weighted by Crippen LogP contribution is 2.22. The van der Waals surface area contributed by atoms with Crippen LogP contribution in [0.15, 0.2) is 18.2 Å². The van der Waals surface area contributed by atoms with Gasteiger partial charge in [0, 0.05) is 37.4 Å².